The maximum atomic E-state index is 6.27. The van der Waals surface area contributed by atoms with Crippen molar-refractivity contribution < 1.29 is 4.52 Å². The monoisotopic (exact) mass is 323 g/mol. The number of thioether (sulfide) groups is 2. The van der Waals surface area contributed by atoms with Gasteiger partial charge in [-0.3, -0.25) is 0 Å². The zero-order chi connectivity index (χ0) is 14.3. The van der Waals surface area contributed by atoms with Gasteiger partial charge in [0.2, 0.25) is 0 Å². The van der Waals surface area contributed by atoms with Crippen LogP contribution in [0.1, 0.15) is 36.2 Å². The molecule has 4 rings (SSSR count). The molecule has 1 unspecified atom stereocenters. The molecule has 2 aromatic heterocycles. The van der Waals surface area contributed by atoms with Crippen LogP contribution < -0.4 is 5.73 Å². The van der Waals surface area contributed by atoms with Gasteiger partial charge in [-0.2, -0.15) is 16.7 Å². The minimum atomic E-state index is -0.295. The smallest absolute Gasteiger partial charge is 0.276 e. The lowest BCUT2D eigenvalue weighted by Crippen LogP contribution is -2.44. The SMILES string of the molecule is NC1(c2ncc(-c3nc(C4CSCCS4)no3)[nH]2)CCC1. The molecule has 1 aliphatic heterocycles. The standard InChI is InChI=1S/C13H17N5OS2/c14-13(2-1-3-13)12-15-6-8(16-12)11-17-10(18-19-11)9-7-20-4-5-21-9/h6,9H,1-5,7,14H2,(H,15,16). The molecule has 1 atom stereocenters. The second kappa shape index (κ2) is 5.33. The van der Waals surface area contributed by atoms with Gasteiger partial charge in [0.25, 0.3) is 5.89 Å². The van der Waals surface area contributed by atoms with Crippen molar-refractivity contribution in [2.24, 2.45) is 5.73 Å². The Morgan fingerprint density at radius 1 is 1.38 bits per heavy atom. The summed E-state index contributed by atoms with van der Waals surface area (Å²) in [5, 5.41) is 4.45. The topological polar surface area (TPSA) is 93.6 Å². The van der Waals surface area contributed by atoms with Gasteiger partial charge >= 0.3 is 0 Å². The van der Waals surface area contributed by atoms with Crippen LogP contribution in [0.5, 0.6) is 0 Å². The molecule has 2 fully saturated rings. The first-order valence-electron chi connectivity index (χ1n) is 7.12. The van der Waals surface area contributed by atoms with Crippen LogP contribution in [0.4, 0.5) is 0 Å². The lowest BCUT2D eigenvalue weighted by Gasteiger charge is -2.35. The van der Waals surface area contributed by atoms with Crippen molar-refractivity contribution in [1.82, 2.24) is 20.1 Å². The molecule has 1 saturated heterocycles. The molecule has 0 radical (unpaired) electrons. The number of H-pyrrole nitrogens is 1. The predicted molar refractivity (Wildman–Crippen MR) is 84.1 cm³/mol. The fourth-order valence-corrected chi connectivity index (χ4v) is 5.18. The normalized spacial score (nSPS) is 24.7. The molecular formula is C13H17N5OS2. The van der Waals surface area contributed by atoms with Crippen LogP contribution in [0.3, 0.4) is 0 Å². The maximum absolute atomic E-state index is 6.27. The lowest BCUT2D eigenvalue weighted by molar-refractivity contribution is 0.240. The Labute approximate surface area is 131 Å². The van der Waals surface area contributed by atoms with Crippen LogP contribution in [0, 0.1) is 0 Å². The Hall–Kier alpha value is -0.990. The molecule has 112 valence electrons. The molecule has 6 nitrogen and oxygen atoms in total. The van der Waals surface area contributed by atoms with Gasteiger partial charge in [-0.25, -0.2) is 4.98 Å². The largest absolute Gasteiger partial charge is 0.336 e. The second-order valence-electron chi connectivity index (χ2n) is 5.55. The summed E-state index contributed by atoms with van der Waals surface area (Å²) in [5.74, 6) is 5.50. The Kier molecular flexibility index (Phi) is 3.47. The Morgan fingerprint density at radius 2 is 2.29 bits per heavy atom. The van der Waals surface area contributed by atoms with E-state index in [-0.39, 0.29) is 5.54 Å². The number of hydrogen-bond acceptors (Lipinski definition) is 7. The lowest BCUT2D eigenvalue weighted by atomic mass is 9.77. The van der Waals surface area contributed by atoms with Gasteiger partial charge in [-0.1, -0.05) is 5.16 Å². The van der Waals surface area contributed by atoms with E-state index >= 15 is 0 Å². The third-order valence-corrected chi connectivity index (χ3v) is 6.82. The third-order valence-electron chi connectivity index (χ3n) is 4.07. The highest BCUT2D eigenvalue weighted by atomic mass is 32.2. The molecule has 2 aliphatic rings. The van der Waals surface area contributed by atoms with E-state index in [1.165, 1.54) is 5.75 Å². The number of nitrogens with zero attached hydrogens (tertiary/aromatic N) is 3. The van der Waals surface area contributed by atoms with Crippen LogP contribution in [0.2, 0.25) is 0 Å². The van der Waals surface area contributed by atoms with Crippen LogP contribution >= 0.6 is 23.5 Å². The van der Waals surface area contributed by atoms with Crippen LogP contribution in [-0.2, 0) is 5.54 Å². The number of hydrogen-bond donors (Lipinski definition) is 2. The first-order valence-corrected chi connectivity index (χ1v) is 9.33. The van der Waals surface area contributed by atoms with Crippen molar-refractivity contribution in [1.29, 1.82) is 0 Å². The molecule has 2 aromatic rings. The Morgan fingerprint density at radius 3 is 3.00 bits per heavy atom. The van der Waals surface area contributed by atoms with Crippen molar-refractivity contribution in [2.45, 2.75) is 30.1 Å². The third kappa shape index (κ3) is 2.49. The number of nitrogens with two attached hydrogens (primary N) is 1. The zero-order valence-electron chi connectivity index (χ0n) is 11.5. The average molecular weight is 323 g/mol. The average Bonchev–Trinajstić information content (AvgIpc) is 3.14. The van der Waals surface area contributed by atoms with Crippen LogP contribution in [0.15, 0.2) is 10.7 Å². The van der Waals surface area contributed by atoms with Gasteiger partial charge in [-0.05, 0) is 19.3 Å². The first kappa shape index (κ1) is 13.7. The van der Waals surface area contributed by atoms with Gasteiger partial charge in [0.1, 0.15) is 11.5 Å². The molecule has 0 spiro atoms. The second-order valence-corrected chi connectivity index (χ2v) is 8.01. The van der Waals surface area contributed by atoms with Crippen molar-refractivity contribution >= 4 is 23.5 Å². The Balaban J connectivity index is 1.55. The van der Waals surface area contributed by atoms with E-state index in [0.29, 0.717) is 11.1 Å². The molecule has 0 aromatic carbocycles. The first-order chi connectivity index (χ1) is 10.2. The van der Waals surface area contributed by atoms with E-state index in [2.05, 4.69) is 20.1 Å². The van der Waals surface area contributed by atoms with Gasteiger partial charge in [0.05, 0.1) is 17.0 Å². The molecule has 1 aliphatic carbocycles. The summed E-state index contributed by atoms with van der Waals surface area (Å²) in [7, 11) is 0. The minimum Gasteiger partial charge on any atom is -0.336 e. The van der Waals surface area contributed by atoms with Crippen molar-refractivity contribution in [3.8, 4) is 11.6 Å². The molecule has 0 amide bonds. The van der Waals surface area contributed by atoms with Gasteiger partial charge in [0, 0.05) is 17.3 Å². The highest BCUT2D eigenvalue weighted by Gasteiger charge is 2.37. The van der Waals surface area contributed by atoms with E-state index in [1.54, 1.807) is 6.20 Å². The molecular weight excluding hydrogens is 306 g/mol. The molecule has 8 heteroatoms. The maximum Gasteiger partial charge on any atom is 0.276 e. The highest BCUT2D eigenvalue weighted by Crippen LogP contribution is 2.38. The van der Waals surface area contributed by atoms with Gasteiger partial charge in [0.15, 0.2) is 5.82 Å². The molecule has 21 heavy (non-hydrogen) atoms. The Bertz CT molecular complexity index is 630. The molecule has 3 N–H and O–H groups in total. The summed E-state index contributed by atoms with van der Waals surface area (Å²) in [6.07, 6.45) is 4.85. The minimum absolute atomic E-state index is 0.295. The molecule has 3 heterocycles. The highest BCUT2D eigenvalue weighted by molar-refractivity contribution is 8.06. The van der Waals surface area contributed by atoms with E-state index in [9.17, 15) is 0 Å². The summed E-state index contributed by atoms with van der Waals surface area (Å²) in [5.41, 5.74) is 6.73. The van der Waals surface area contributed by atoms with Crippen LogP contribution in [-0.4, -0.2) is 37.4 Å². The summed E-state index contributed by atoms with van der Waals surface area (Å²) < 4.78 is 5.39. The number of aromatic amines is 1. The molecule has 1 saturated carbocycles. The number of nitrogens with one attached hydrogen (secondary N) is 1. The van der Waals surface area contributed by atoms with Gasteiger partial charge < -0.3 is 15.2 Å². The van der Waals surface area contributed by atoms with Gasteiger partial charge in [-0.15, -0.1) is 11.8 Å². The number of imidazole rings is 1. The summed E-state index contributed by atoms with van der Waals surface area (Å²) >= 11 is 3.84. The fraction of sp³-hybridized carbons (Fsp3) is 0.615. The molecule has 0 bridgehead atoms. The van der Waals surface area contributed by atoms with E-state index in [4.69, 9.17) is 10.3 Å². The number of aromatic nitrogens is 4. The predicted octanol–water partition coefficient (Wildman–Crippen LogP) is 2.32. The van der Waals surface area contributed by atoms with E-state index in [1.807, 2.05) is 23.5 Å². The quantitative estimate of drug-likeness (QED) is 0.895. The summed E-state index contributed by atoms with van der Waals surface area (Å²) in [6.45, 7) is 0. The summed E-state index contributed by atoms with van der Waals surface area (Å²) in [6, 6.07) is 0. The van der Waals surface area contributed by atoms with E-state index in [0.717, 1.165) is 48.1 Å². The van der Waals surface area contributed by atoms with Crippen LogP contribution in [0.25, 0.3) is 11.6 Å². The van der Waals surface area contributed by atoms with E-state index < -0.39 is 0 Å². The van der Waals surface area contributed by atoms with Crippen molar-refractivity contribution in [2.75, 3.05) is 17.3 Å². The van der Waals surface area contributed by atoms with Crippen molar-refractivity contribution in [3.63, 3.8) is 0 Å². The fourth-order valence-electron chi connectivity index (χ4n) is 2.59. The zero-order valence-corrected chi connectivity index (χ0v) is 13.2. The summed E-state index contributed by atoms with van der Waals surface area (Å²) in [4.78, 5) is 12.2. The van der Waals surface area contributed by atoms with Crippen molar-refractivity contribution in [3.05, 3.63) is 17.8 Å². The number of rotatable bonds is 3.